The average molecular weight is 403 g/mol. The highest BCUT2D eigenvalue weighted by Gasteiger charge is 2.10. The molecule has 2 aromatic heterocycles. The molecule has 0 radical (unpaired) electrons. The van der Waals surface area contributed by atoms with Crippen LogP contribution < -0.4 is 21.3 Å². The smallest absolute Gasteiger partial charge is 0.328 e. The zero-order chi connectivity index (χ0) is 19.9. The summed E-state index contributed by atoms with van der Waals surface area (Å²) in [4.78, 5) is 36.8. The number of benzene rings is 1. The van der Waals surface area contributed by atoms with E-state index in [4.69, 9.17) is 9.15 Å². The van der Waals surface area contributed by atoms with Crippen LogP contribution in [-0.4, -0.2) is 38.5 Å². The van der Waals surface area contributed by atoms with Crippen LogP contribution >= 0.6 is 11.8 Å². The number of methoxy groups -OCH3 is 1. The number of aryl methyl sites for hydroxylation is 2. The van der Waals surface area contributed by atoms with Gasteiger partial charge in [-0.3, -0.25) is 14.6 Å². The molecule has 28 heavy (non-hydrogen) atoms. The van der Waals surface area contributed by atoms with Gasteiger partial charge in [-0.15, -0.1) is 10.2 Å². The van der Waals surface area contributed by atoms with Crippen LogP contribution in [0.3, 0.4) is 0 Å². The van der Waals surface area contributed by atoms with Crippen LogP contribution in [0.25, 0.3) is 0 Å². The van der Waals surface area contributed by atoms with E-state index in [-0.39, 0.29) is 23.4 Å². The second kappa shape index (κ2) is 9.04. The van der Waals surface area contributed by atoms with Gasteiger partial charge in [0, 0.05) is 30.9 Å². The van der Waals surface area contributed by atoms with Crippen LogP contribution in [0.1, 0.15) is 5.89 Å². The number of rotatable bonds is 8. The molecule has 2 N–H and O–H groups in total. The Balaban J connectivity index is 1.47. The Morgan fingerprint density at radius 3 is 2.75 bits per heavy atom. The number of hydrogen-bond acceptors (Lipinski definition) is 8. The summed E-state index contributed by atoms with van der Waals surface area (Å²) < 4.78 is 11.9. The highest BCUT2D eigenvalue weighted by molar-refractivity contribution is 7.99. The van der Waals surface area contributed by atoms with E-state index in [1.54, 1.807) is 31.4 Å². The lowest BCUT2D eigenvalue weighted by Crippen LogP contribution is -2.29. The predicted molar refractivity (Wildman–Crippen MR) is 102 cm³/mol. The number of amides is 1. The number of carbonyl (C=O) groups excluding carboxylic acids is 1. The molecule has 0 aliphatic heterocycles. The molecule has 11 heteroatoms. The molecule has 0 spiro atoms. The van der Waals surface area contributed by atoms with Crippen molar-refractivity contribution in [2.45, 2.75) is 18.2 Å². The van der Waals surface area contributed by atoms with Gasteiger partial charge in [-0.25, -0.2) is 4.79 Å². The Hall–Kier alpha value is -3.34. The maximum atomic E-state index is 12.0. The number of ether oxygens (including phenoxy) is 1. The van der Waals surface area contributed by atoms with Crippen LogP contribution in [-0.2, 0) is 17.8 Å². The van der Waals surface area contributed by atoms with Crippen molar-refractivity contribution in [2.75, 3.05) is 18.2 Å². The molecule has 10 nitrogen and oxygen atoms in total. The van der Waals surface area contributed by atoms with Crippen molar-refractivity contribution in [3.63, 3.8) is 0 Å². The van der Waals surface area contributed by atoms with Crippen molar-refractivity contribution < 1.29 is 13.9 Å². The van der Waals surface area contributed by atoms with Gasteiger partial charge in [-0.05, 0) is 24.3 Å². The van der Waals surface area contributed by atoms with Crippen molar-refractivity contribution in [1.29, 1.82) is 0 Å². The fourth-order valence-electron chi connectivity index (χ4n) is 2.23. The minimum absolute atomic E-state index is 0.104. The molecule has 3 aromatic rings. The van der Waals surface area contributed by atoms with Gasteiger partial charge in [0.2, 0.25) is 11.8 Å². The van der Waals surface area contributed by atoms with Crippen LogP contribution in [0.4, 0.5) is 5.69 Å². The monoisotopic (exact) mass is 403 g/mol. The summed E-state index contributed by atoms with van der Waals surface area (Å²) in [5.41, 5.74) is -0.300. The number of aromatic nitrogens is 4. The molecular formula is C17H17N5O5S. The third-order valence-corrected chi connectivity index (χ3v) is 4.43. The van der Waals surface area contributed by atoms with Gasteiger partial charge < -0.3 is 19.0 Å². The number of H-pyrrole nitrogens is 1. The lowest BCUT2D eigenvalue weighted by Gasteiger charge is -2.05. The summed E-state index contributed by atoms with van der Waals surface area (Å²) in [5, 5.41) is 10.8. The van der Waals surface area contributed by atoms with E-state index in [0.29, 0.717) is 23.7 Å². The van der Waals surface area contributed by atoms with Gasteiger partial charge in [-0.1, -0.05) is 11.8 Å². The number of anilines is 1. The van der Waals surface area contributed by atoms with Crippen LogP contribution in [0.15, 0.2) is 55.8 Å². The first-order chi connectivity index (χ1) is 13.5. The van der Waals surface area contributed by atoms with Crippen LogP contribution in [0.2, 0.25) is 0 Å². The second-order valence-electron chi connectivity index (χ2n) is 5.58. The number of carbonyl (C=O) groups is 1. The maximum Gasteiger partial charge on any atom is 0.328 e. The summed E-state index contributed by atoms with van der Waals surface area (Å²) in [6.07, 6.45) is 1.72. The normalized spacial score (nSPS) is 10.6. The molecule has 0 saturated heterocycles. The van der Waals surface area contributed by atoms with Gasteiger partial charge in [0.1, 0.15) is 5.75 Å². The van der Waals surface area contributed by atoms with Crippen molar-refractivity contribution in [1.82, 2.24) is 19.7 Å². The topological polar surface area (TPSA) is 132 Å². The molecule has 2 heterocycles. The minimum Gasteiger partial charge on any atom is -0.497 e. The second-order valence-corrected chi connectivity index (χ2v) is 6.51. The third kappa shape index (κ3) is 5.33. The Kier molecular flexibility index (Phi) is 6.27. The lowest BCUT2D eigenvalue weighted by atomic mass is 10.3. The first kappa shape index (κ1) is 19.4. The molecule has 0 atom stereocenters. The van der Waals surface area contributed by atoms with Gasteiger partial charge in [0.15, 0.2) is 0 Å². The van der Waals surface area contributed by atoms with Crippen molar-refractivity contribution in [2.24, 2.45) is 0 Å². The summed E-state index contributed by atoms with van der Waals surface area (Å²) >= 11 is 1.11. The van der Waals surface area contributed by atoms with E-state index >= 15 is 0 Å². The van der Waals surface area contributed by atoms with E-state index in [0.717, 1.165) is 11.8 Å². The first-order valence-electron chi connectivity index (χ1n) is 8.22. The van der Waals surface area contributed by atoms with E-state index in [9.17, 15) is 14.4 Å². The Bertz CT molecular complexity index is 1060. The Labute approximate surface area is 162 Å². The van der Waals surface area contributed by atoms with Gasteiger partial charge in [0.25, 0.3) is 10.8 Å². The van der Waals surface area contributed by atoms with E-state index < -0.39 is 11.2 Å². The first-order valence-corrected chi connectivity index (χ1v) is 9.21. The van der Waals surface area contributed by atoms with Gasteiger partial charge in [-0.2, -0.15) is 0 Å². The number of thioether (sulfide) groups is 1. The molecule has 0 aliphatic rings. The Morgan fingerprint density at radius 1 is 1.25 bits per heavy atom. The standard InChI is InChI=1S/C17H17N5O5S/c1-26-12-4-2-11(3-5-12)18-14(24)10-28-17-21-20-15(27-17)7-9-22-8-6-13(23)19-16(22)25/h2-6,8H,7,9-10H2,1H3,(H,18,24)(H,19,23,25). The summed E-state index contributed by atoms with van der Waals surface area (Å²) in [6.45, 7) is 0.278. The molecule has 146 valence electrons. The molecular weight excluding hydrogens is 386 g/mol. The van der Waals surface area contributed by atoms with E-state index in [2.05, 4.69) is 20.5 Å². The molecule has 1 amide bonds. The fraction of sp³-hybridized carbons (Fsp3) is 0.235. The zero-order valence-corrected chi connectivity index (χ0v) is 15.7. The number of nitrogens with one attached hydrogen (secondary N) is 2. The molecule has 0 aliphatic carbocycles. The highest BCUT2D eigenvalue weighted by atomic mass is 32.2. The molecule has 1 aromatic carbocycles. The molecule has 0 unspecified atom stereocenters. The van der Waals surface area contributed by atoms with Crippen molar-refractivity contribution in [3.8, 4) is 5.75 Å². The predicted octanol–water partition coefficient (Wildman–Crippen LogP) is 0.902. The Morgan fingerprint density at radius 2 is 2.04 bits per heavy atom. The third-order valence-electron chi connectivity index (χ3n) is 3.61. The van der Waals surface area contributed by atoms with Crippen LogP contribution in [0.5, 0.6) is 5.75 Å². The summed E-state index contributed by atoms with van der Waals surface area (Å²) in [5.74, 6) is 0.924. The lowest BCUT2D eigenvalue weighted by molar-refractivity contribution is -0.113. The highest BCUT2D eigenvalue weighted by Crippen LogP contribution is 2.18. The SMILES string of the molecule is COc1ccc(NC(=O)CSc2nnc(CCn3ccc(=O)[nH]c3=O)o2)cc1. The average Bonchev–Trinajstić information content (AvgIpc) is 3.14. The largest absolute Gasteiger partial charge is 0.497 e. The number of nitrogens with zero attached hydrogens (tertiary/aromatic N) is 3. The molecule has 0 saturated carbocycles. The number of hydrogen-bond donors (Lipinski definition) is 2. The van der Waals surface area contributed by atoms with Crippen molar-refractivity contribution >= 4 is 23.4 Å². The fourth-order valence-corrected chi connectivity index (χ4v) is 2.81. The summed E-state index contributed by atoms with van der Waals surface area (Å²) in [6, 6.07) is 8.25. The van der Waals surface area contributed by atoms with E-state index in [1.165, 1.54) is 16.8 Å². The molecule has 0 fully saturated rings. The van der Waals surface area contributed by atoms with Crippen LogP contribution in [0, 0.1) is 0 Å². The summed E-state index contributed by atoms with van der Waals surface area (Å²) in [7, 11) is 1.57. The van der Waals surface area contributed by atoms with E-state index in [1.807, 2.05) is 0 Å². The van der Waals surface area contributed by atoms with Crippen molar-refractivity contribution in [3.05, 3.63) is 63.3 Å². The van der Waals surface area contributed by atoms with Gasteiger partial charge in [0.05, 0.1) is 12.9 Å². The quantitative estimate of drug-likeness (QED) is 0.530. The van der Waals surface area contributed by atoms with Gasteiger partial charge >= 0.3 is 5.69 Å². The molecule has 0 bridgehead atoms. The maximum absolute atomic E-state index is 12.0. The minimum atomic E-state index is -0.503. The zero-order valence-electron chi connectivity index (χ0n) is 14.9. The molecule has 3 rings (SSSR count). The number of aromatic amines is 1.